The van der Waals surface area contributed by atoms with Gasteiger partial charge in [0.2, 0.25) is 0 Å². The normalized spacial score (nSPS) is 13.3. The highest BCUT2D eigenvalue weighted by atomic mass is 16.6. The van der Waals surface area contributed by atoms with Gasteiger partial charge in [-0.2, -0.15) is 0 Å². The zero-order valence-electron chi connectivity index (χ0n) is 12.2. The minimum Gasteiger partial charge on any atom is -0.444 e. The van der Waals surface area contributed by atoms with Crippen LogP contribution in [0.25, 0.3) is 0 Å². The molecule has 0 rings (SSSR count). The first kappa shape index (κ1) is 16.9. The van der Waals surface area contributed by atoms with Crippen LogP contribution in [0.3, 0.4) is 0 Å². The third-order valence-electron chi connectivity index (χ3n) is 2.28. The predicted molar refractivity (Wildman–Crippen MR) is 70.1 cm³/mol. The van der Waals surface area contributed by atoms with Gasteiger partial charge in [0, 0.05) is 19.5 Å². The molecule has 6 nitrogen and oxygen atoms in total. The third-order valence-corrected chi connectivity index (χ3v) is 2.28. The highest BCUT2D eigenvalue weighted by molar-refractivity contribution is 5.83. The summed E-state index contributed by atoms with van der Waals surface area (Å²) < 4.78 is 5.09. The number of likely N-dealkylation sites (N-methyl/N-ethyl adjacent to an activating group) is 1. The van der Waals surface area contributed by atoms with Crippen molar-refractivity contribution in [1.82, 2.24) is 15.8 Å². The van der Waals surface area contributed by atoms with Gasteiger partial charge >= 0.3 is 6.09 Å². The SMILES string of the molecule is CNN(C)CC(=O)C(C)CNC(=O)OC(C)(C)C. The van der Waals surface area contributed by atoms with Crippen LogP contribution in [0, 0.1) is 5.92 Å². The number of nitrogens with zero attached hydrogens (tertiary/aromatic N) is 1. The Morgan fingerprint density at radius 3 is 2.33 bits per heavy atom. The summed E-state index contributed by atoms with van der Waals surface area (Å²) in [6.07, 6.45) is -0.496. The summed E-state index contributed by atoms with van der Waals surface area (Å²) in [5.41, 5.74) is 2.32. The zero-order chi connectivity index (χ0) is 14.3. The number of hydrogen-bond donors (Lipinski definition) is 2. The summed E-state index contributed by atoms with van der Waals surface area (Å²) in [5.74, 6) is -0.184. The second-order valence-electron chi connectivity index (χ2n) is 5.33. The molecule has 6 heteroatoms. The number of amides is 1. The first-order valence-corrected chi connectivity index (χ1v) is 6.03. The van der Waals surface area contributed by atoms with Gasteiger partial charge in [-0.05, 0) is 27.8 Å². The molecule has 0 radical (unpaired) electrons. The van der Waals surface area contributed by atoms with E-state index in [1.165, 1.54) is 0 Å². The topological polar surface area (TPSA) is 70.7 Å². The van der Waals surface area contributed by atoms with E-state index in [0.29, 0.717) is 6.54 Å². The van der Waals surface area contributed by atoms with Gasteiger partial charge < -0.3 is 10.1 Å². The average molecular weight is 259 g/mol. The number of ether oxygens (including phenoxy) is 1. The standard InChI is InChI=1S/C12H25N3O3/c1-9(10(16)8-15(6)13-5)7-14-11(17)18-12(2,3)4/h9,13H,7-8H2,1-6H3,(H,14,17). The number of alkyl carbamates (subject to hydrolysis) is 1. The van der Waals surface area contributed by atoms with E-state index in [4.69, 9.17) is 4.74 Å². The first-order chi connectivity index (χ1) is 8.15. The van der Waals surface area contributed by atoms with Crippen molar-refractivity contribution in [2.75, 3.05) is 27.2 Å². The van der Waals surface area contributed by atoms with Crippen molar-refractivity contribution in [1.29, 1.82) is 0 Å². The Labute approximate surface area is 109 Å². The Morgan fingerprint density at radius 2 is 1.89 bits per heavy atom. The van der Waals surface area contributed by atoms with E-state index >= 15 is 0 Å². The van der Waals surface area contributed by atoms with Crippen molar-refractivity contribution in [3.63, 3.8) is 0 Å². The summed E-state index contributed by atoms with van der Waals surface area (Å²) in [5, 5.41) is 4.28. The predicted octanol–water partition coefficient (Wildman–Crippen LogP) is 0.782. The lowest BCUT2D eigenvalue weighted by molar-refractivity contribution is -0.123. The molecule has 1 unspecified atom stereocenters. The number of nitrogens with one attached hydrogen (secondary N) is 2. The number of ketones is 1. The molecule has 0 fully saturated rings. The molecule has 0 aliphatic heterocycles. The molecule has 0 spiro atoms. The number of hydrogen-bond acceptors (Lipinski definition) is 5. The molecule has 0 aromatic rings. The molecular weight excluding hydrogens is 234 g/mol. The van der Waals surface area contributed by atoms with Crippen LogP contribution in [-0.2, 0) is 9.53 Å². The third kappa shape index (κ3) is 8.03. The Kier molecular flexibility index (Phi) is 6.86. The minimum atomic E-state index is -0.524. The number of rotatable bonds is 6. The Balaban J connectivity index is 3.99. The molecule has 1 amide bonds. The van der Waals surface area contributed by atoms with Gasteiger partial charge in [0.25, 0.3) is 0 Å². The van der Waals surface area contributed by atoms with Gasteiger partial charge in [0.1, 0.15) is 5.60 Å². The van der Waals surface area contributed by atoms with E-state index in [-0.39, 0.29) is 18.2 Å². The molecule has 0 bridgehead atoms. The molecule has 106 valence electrons. The van der Waals surface area contributed by atoms with Gasteiger partial charge in [-0.1, -0.05) is 6.92 Å². The summed E-state index contributed by atoms with van der Waals surface area (Å²) in [6, 6.07) is 0. The Bertz CT molecular complexity index is 287. The quantitative estimate of drug-likeness (QED) is 0.690. The van der Waals surface area contributed by atoms with E-state index in [1.807, 2.05) is 0 Å². The first-order valence-electron chi connectivity index (χ1n) is 6.03. The fraction of sp³-hybridized carbons (Fsp3) is 0.833. The molecule has 0 saturated carbocycles. The summed E-state index contributed by atoms with van der Waals surface area (Å²) in [4.78, 5) is 23.1. The van der Waals surface area contributed by atoms with Crippen LogP contribution in [0.4, 0.5) is 4.79 Å². The lowest BCUT2D eigenvalue weighted by Crippen LogP contribution is -2.41. The number of Topliss-reactive ketones (excluding diaryl/α,β-unsaturated/α-hetero) is 1. The van der Waals surface area contributed by atoms with Gasteiger partial charge in [-0.15, -0.1) is 0 Å². The van der Waals surface area contributed by atoms with E-state index in [2.05, 4.69) is 10.7 Å². The molecular formula is C12H25N3O3. The lowest BCUT2D eigenvalue weighted by atomic mass is 10.1. The maximum Gasteiger partial charge on any atom is 0.407 e. The van der Waals surface area contributed by atoms with Gasteiger partial charge in [-0.3, -0.25) is 10.2 Å². The van der Waals surface area contributed by atoms with Crippen molar-refractivity contribution >= 4 is 11.9 Å². The van der Waals surface area contributed by atoms with Crippen LogP contribution >= 0.6 is 0 Å². The number of hydrazine groups is 1. The largest absolute Gasteiger partial charge is 0.444 e. The maximum atomic E-state index is 11.7. The molecule has 1 atom stereocenters. The van der Waals surface area contributed by atoms with Gasteiger partial charge in [0.05, 0.1) is 6.54 Å². The number of carbonyl (C=O) groups excluding carboxylic acids is 2. The second kappa shape index (κ2) is 7.33. The van der Waals surface area contributed by atoms with Crippen molar-refractivity contribution < 1.29 is 14.3 Å². The monoisotopic (exact) mass is 259 g/mol. The second-order valence-corrected chi connectivity index (χ2v) is 5.33. The van der Waals surface area contributed by atoms with E-state index in [0.717, 1.165) is 0 Å². The van der Waals surface area contributed by atoms with Crippen molar-refractivity contribution in [2.45, 2.75) is 33.3 Å². The van der Waals surface area contributed by atoms with E-state index in [1.54, 1.807) is 46.8 Å². The molecule has 18 heavy (non-hydrogen) atoms. The minimum absolute atomic E-state index is 0.0582. The Hall–Kier alpha value is -1.14. The molecule has 0 aliphatic rings. The molecule has 0 heterocycles. The Morgan fingerprint density at radius 1 is 1.33 bits per heavy atom. The number of carbonyl (C=O) groups is 2. The van der Waals surface area contributed by atoms with Gasteiger partial charge in [0.15, 0.2) is 5.78 Å². The van der Waals surface area contributed by atoms with Crippen molar-refractivity contribution in [3.8, 4) is 0 Å². The molecule has 0 saturated heterocycles. The van der Waals surface area contributed by atoms with Crippen LogP contribution < -0.4 is 10.7 Å². The molecule has 2 N–H and O–H groups in total. The maximum absolute atomic E-state index is 11.7. The van der Waals surface area contributed by atoms with Gasteiger partial charge in [-0.25, -0.2) is 9.80 Å². The molecule has 0 aromatic carbocycles. The van der Waals surface area contributed by atoms with Crippen LogP contribution in [0.15, 0.2) is 0 Å². The fourth-order valence-corrected chi connectivity index (χ4v) is 1.13. The van der Waals surface area contributed by atoms with E-state index < -0.39 is 11.7 Å². The lowest BCUT2D eigenvalue weighted by Gasteiger charge is -2.21. The highest BCUT2D eigenvalue weighted by Crippen LogP contribution is 2.06. The fourth-order valence-electron chi connectivity index (χ4n) is 1.13. The van der Waals surface area contributed by atoms with Crippen molar-refractivity contribution in [2.24, 2.45) is 5.92 Å². The van der Waals surface area contributed by atoms with Crippen LogP contribution in [0.1, 0.15) is 27.7 Å². The summed E-state index contributed by atoms with van der Waals surface area (Å²) >= 11 is 0. The highest BCUT2D eigenvalue weighted by Gasteiger charge is 2.19. The zero-order valence-corrected chi connectivity index (χ0v) is 12.2. The molecule has 0 aliphatic carbocycles. The summed E-state index contributed by atoms with van der Waals surface area (Å²) in [7, 11) is 3.53. The smallest absolute Gasteiger partial charge is 0.407 e. The van der Waals surface area contributed by atoms with Crippen LogP contribution in [0.2, 0.25) is 0 Å². The van der Waals surface area contributed by atoms with Crippen LogP contribution in [-0.4, -0.2) is 49.7 Å². The average Bonchev–Trinajstić information content (AvgIpc) is 2.23. The van der Waals surface area contributed by atoms with Crippen LogP contribution in [0.5, 0.6) is 0 Å². The van der Waals surface area contributed by atoms with E-state index in [9.17, 15) is 9.59 Å². The summed E-state index contributed by atoms with van der Waals surface area (Å²) in [6.45, 7) is 7.75. The molecule has 0 aromatic heterocycles. The van der Waals surface area contributed by atoms with Crippen molar-refractivity contribution in [3.05, 3.63) is 0 Å².